The molecule has 0 amide bonds. The Balaban J connectivity index is 0.00000113. The van der Waals surface area contributed by atoms with Crippen molar-refractivity contribution in [3.63, 3.8) is 0 Å². The fraction of sp³-hybridized carbons (Fsp3) is 0.500. The van der Waals surface area contributed by atoms with Crippen molar-refractivity contribution in [3.8, 4) is 0 Å². The molecule has 25 heavy (non-hydrogen) atoms. The summed E-state index contributed by atoms with van der Waals surface area (Å²) in [4.78, 5) is 0. The molecule has 4 nitrogen and oxygen atoms in total. The van der Waals surface area contributed by atoms with E-state index in [2.05, 4.69) is 27.2 Å². The highest BCUT2D eigenvalue weighted by atomic mass is 35.5. The lowest BCUT2D eigenvalue weighted by molar-refractivity contribution is 0.157. The first kappa shape index (κ1) is 20.5. The Labute approximate surface area is 166 Å². The number of nitrogens with one attached hydrogen (secondary N) is 1. The molecule has 0 spiro atoms. The summed E-state index contributed by atoms with van der Waals surface area (Å²) in [6, 6.07) is 8.73. The van der Waals surface area contributed by atoms with Crippen LogP contribution in [0.4, 0.5) is 0 Å². The topological polar surface area (TPSA) is 55.9 Å². The van der Waals surface area contributed by atoms with Crippen molar-refractivity contribution in [2.45, 2.75) is 43.7 Å². The predicted molar refractivity (Wildman–Crippen MR) is 107 cm³/mol. The number of aromatic nitrogens is 2. The highest BCUT2D eigenvalue weighted by Gasteiger charge is 2.48. The molecule has 1 aromatic heterocycles. The molecule has 1 saturated carbocycles. The molecule has 2 aliphatic rings. The minimum absolute atomic E-state index is 0. The summed E-state index contributed by atoms with van der Waals surface area (Å²) in [6.45, 7) is 2.42. The van der Waals surface area contributed by atoms with Crippen molar-refractivity contribution >= 4 is 36.4 Å². The third-order valence-electron chi connectivity index (χ3n) is 5.53. The van der Waals surface area contributed by atoms with Gasteiger partial charge in [-0.05, 0) is 49.1 Å². The molecule has 2 heterocycles. The molecule has 7 heteroatoms. The van der Waals surface area contributed by atoms with Crippen molar-refractivity contribution in [3.05, 3.63) is 52.3 Å². The quantitative estimate of drug-likeness (QED) is 0.819. The van der Waals surface area contributed by atoms with Gasteiger partial charge in [0.05, 0.1) is 24.5 Å². The average Bonchev–Trinajstić information content (AvgIpc) is 2.93. The first-order valence-corrected chi connectivity index (χ1v) is 8.86. The molecule has 3 N–H and O–H groups in total. The normalized spacial score (nSPS) is 20.6. The van der Waals surface area contributed by atoms with Crippen LogP contribution in [0.25, 0.3) is 0 Å². The molecule has 1 aliphatic heterocycles. The monoisotopic (exact) mass is 402 g/mol. The van der Waals surface area contributed by atoms with Crippen LogP contribution < -0.4 is 11.1 Å². The summed E-state index contributed by atoms with van der Waals surface area (Å²) in [5.74, 6) is 0. The van der Waals surface area contributed by atoms with E-state index in [1.807, 2.05) is 18.3 Å². The molecule has 4 rings (SSSR count). The Kier molecular flexibility index (Phi) is 6.80. The molecule has 1 aromatic carbocycles. The van der Waals surface area contributed by atoms with E-state index in [-0.39, 0.29) is 30.2 Å². The minimum atomic E-state index is 0. The zero-order valence-electron chi connectivity index (χ0n) is 14.1. The van der Waals surface area contributed by atoms with Gasteiger partial charge in [-0.3, -0.25) is 4.68 Å². The molecular formula is C18H25Cl3N4. The van der Waals surface area contributed by atoms with Crippen LogP contribution in [0.1, 0.15) is 42.1 Å². The van der Waals surface area contributed by atoms with Crippen LogP contribution in [0, 0.1) is 0 Å². The van der Waals surface area contributed by atoms with E-state index in [4.69, 9.17) is 17.3 Å². The first-order valence-electron chi connectivity index (χ1n) is 8.49. The summed E-state index contributed by atoms with van der Waals surface area (Å²) in [6.07, 6.45) is 6.78. The fourth-order valence-corrected chi connectivity index (χ4v) is 4.38. The maximum atomic E-state index is 6.10. The molecule has 1 atom stereocenters. The van der Waals surface area contributed by atoms with Gasteiger partial charge in [0.2, 0.25) is 0 Å². The number of hydrogen-bond acceptors (Lipinski definition) is 3. The molecule has 1 aliphatic carbocycles. The predicted octanol–water partition coefficient (Wildman–Crippen LogP) is 3.65. The van der Waals surface area contributed by atoms with Crippen LogP contribution in [-0.2, 0) is 18.4 Å². The Hall–Kier alpha value is -0.780. The van der Waals surface area contributed by atoms with E-state index in [0.29, 0.717) is 12.6 Å². The lowest BCUT2D eigenvalue weighted by Crippen LogP contribution is -2.50. The number of nitrogens with zero attached hydrogens (tertiary/aromatic N) is 2. The highest BCUT2D eigenvalue weighted by Crippen LogP contribution is 2.53. The summed E-state index contributed by atoms with van der Waals surface area (Å²) in [7, 11) is 0. The van der Waals surface area contributed by atoms with Gasteiger partial charge in [0.15, 0.2) is 0 Å². The van der Waals surface area contributed by atoms with Gasteiger partial charge >= 0.3 is 0 Å². The van der Waals surface area contributed by atoms with Crippen molar-refractivity contribution in [1.29, 1.82) is 0 Å². The summed E-state index contributed by atoms with van der Waals surface area (Å²) in [5, 5.41) is 9.17. The smallest absolute Gasteiger partial charge is 0.0595 e. The van der Waals surface area contributed by atoms with Crippen molar-refractivity contribution in [2.75, 3.05) is 13.1 Å². The van der Waals surface area contributed by atoms with Gasteiger partial charge in [0.1, 0.15) is 0 Å². The van der Waals surface area contributed by atoms with Crippen molar-refractivity contribution in [2.24, 2.45) is 5.73 Å². The zero-order chi connectivity index (χ0) is 15.9. The van der Waals surface area contributed by atoms with Gasteiger partial charge in [-0.2, -0.15) is 5.10 Å². The van der Waals surface area contributed by atoms with E-state index >= 15 is 0 Å². The fourth-order valence-electron chi connectivity index (χ4n) is 4.25. The minimum Gasteiger partial charge on any atom is -0.329 e. The van der Waals surface area contributed by atoms with Gasteiger partial charge in [-0.1, -0.05) is 30.2 Å². The van der Waals surface area contributed by atoms with Crippen molar-refractivity contribution < 1.29 is 0 Å². The third kappa shape index (κ3) is 3.43. The molecule has 138 valence electrons. The van der Waals surface area contributed by atoms with E-state index in [1.165, 1.54) is 36.1 Å². The van der Waals surface area contributed by atoms with Crippen LogP contribution in [0.2, 0.25) is 5.02 Å². The van der Waals surface area contributed by atoms with Gasteiger partial charge in [-0.15, -0.1) is 24.8 Å². The van der Waals surface area contributed by atoms with Crippen LogP contribution in [0.5, 0.6) is 0 Å². The first-order chi connectivity index (χ1) is 11.2. The van der Waals surface area contributed by atoms with Gasteiger partial charge in [0.25, 0.3) is 0 Å². The maximum Gasteiger partial charge on any atom is 0.0595 e. The molecule has 0 radical (unpaired) electrons. The summed E-state index contributed by atoms with van der Waals surface area (Å²) in [5.41, 5.74) is 10.1. The summed E-state index contributed by atoms with van der Waals surface area (Å²) >= 11 is 6.10. The molecular weight excluding hydrogens is 379 g/mol. The number of nitrogens with two attached hydrogens (primary N) is 1. The molecule has 2 aromatic rings. The van der Waals surface area contributed by atoms with Gasteiger partial charge in [0, 0.05) is 17.0 Å². The highest BCUT2D eigenvalue weighted by molar-refractivity contribution is 6.30. The lowest BCUT2D eigenvalue weighted by atomic mass is 9.58. The van der Waals surface area contributed by atoms with Crippen molar-refractivity contribution in [1.82, 2.24) is 15.1 Å². The van der Waals surface area contributed by atoms with Gasteiger partial charge < -0.3 is 11.1 Å². The van der Waals surface area contributed by atoms with Gasteiger partial charge in [-0.25, -0.2) is 0 Å². The zero-order valence-corrected chi connectivity index (χ0v) is 16.5. The lowest BCUT2D eigenvalue weighted by Gasteiger charge is -2.50. The van der Waals surface area contributed by atoms with Crippen LogP contribution in [0.15, 0.2) is 30.5 Å². The second-order valence-corrected chi connectivity index (χ2v) is 7.16. The maximum absolute atomic E-state index is 6.10. The number of fused-ring (bicyclic) bond motifs is 1. The third-order valence-corrected chi connectivity index (χ3v) is 5.79. The number of hydrogen-bond donors (Lipinski definition) is 2. The van der Waals surface area contributed by atoms with Crippen LogP contribution in [0.3, 0.4) is 0 Å². The van der Waals surface area contributed by atoms with E-state index < -0.39 is 0 Å². The SMILES string of the molecule is Cl.Cl.NCCn1ncc2c1C(C1(c3ccc(Cl)cc3)CCC1)NCC2. The Bertz CT molecular complexity index is 695. The van der Waals surface area contributed by atoms with E-state index in [0.717, 1.165) is 24.5 Å². The largest absolute Gasteiger partial charge is 0.329 e. The average molecular weight is 404 g/mol. The van der Waals surface area contributed by atoms with Crippen LogP contribution >= 0.6 is 36.4 Å². The molecule has 1 fully saturated rings. The second-order valence-electron chi connectivity index (χ2n) is 6.72. The Morgan fingerprint density at radius 1 is 1.24 bits per heavy atom. The second kappa shape index (κ2) is 8.28. The summed E-state index contributed by atoms with van der Waals surface area (Å²) < 4.78 is 2.11. The molecule has 0 bridgehead atoms. The molecule has 0 saturated heterocycles. The molecule has 1 unspecified atom stereocenters. The van der Waals surface area contributed by atoms with Crippen LogP contribution in [-0.4, -0.2) is 22.9 Å². The number of rotatable bonds is 4. The standard InChI is InChI=1S/C18H23ClN4.2ClH/c19-15-4-2-14(3-5-15)18(7-1-8-18)17-16-13(6-10-21-17)12-22-23(16)11-9-20;;/h2-5,12,17,21H,1,6-11,20H2;2*1H. The Morgan fingerprint density at radius 3 is 2.56 bits per heavy atom. The van der Waals surface area contributed by atoms with E-state index in [1.54, 1.807) is 0 Å². The van der Waals surface area contributed by atoms with E-state index in [9.17, 15) is 0 Å². The number of benzene rings is 1. The number of halogens is 3. The Morgan fingerprint density at radius 2 is 1.96 bits per heavy atom.